The van der Waals surface area contributed by atoms with E-state index in [-0.39, 0.29) is 11.8 Å². The lowest BCUT2D eigenvalue weighted by molar-refractivity contribution is -0.125. The quantitative estimate of drug-likeness (QED) is 0.518. The largest absolute Gasteiger partial charge is 0.444 e. The number of ether oxygens (including phenoxy) is 1. The minimum absolute atomic E-state index is 0.311. The van der Waals surface area contributed by atoms with Crippen LogP contribution in [0.3, 0.4) is 0 Å². The highest BCUT2D eigenvalue weighted by Gasteiger charge is 2.39. The highest BCUT2D eigenvalue weighted by Crippen LogP contribution is 2.34. The van der Waals surface area contributed by atoms with Crippen LogP contribution in [0.2, 0.25) is 0 Å². The normalized spacial score (nSPS) is 17.3. The summed E-state index contributed by atoms with van der Waals surface area (Å²) in [6, 6.07) is 5.26. The molecule has 0 spiro atoms. The number of nitrogens with two attached hydrogens (primary N) is 1. The monoisotopic (exact) mass is 456 g/mol. The number of nitrogens with one attached hydrogen (secondary N) is 3. The molecule has 1 saturated heterocycles. The van der Waals surface area contributed by atoms with E-state index in [4.69, 9.17) is 10.5 Å². The van der Waals surface area contributed by atoms with Crippen LogP contribution in [0.15, 0.2) is 35.5 Å². The Morgan fingerprint density at radius 1 is 1.15 bits per heavy atom. The number of amides is 3. The summed E-state index contributed by atoms with van der Waals surface area (Å²) in [5.74, 6) is -0.684. The van der Waals surface area contributed by atoms with Crippen molar-refractivity contribution in [1.82, 2.24) is 5.32 Å². The molecule has 3 amide bonds. The predicted octanol–water partition coefficient (Wildman–Crippen LogP) is 2.37. The van der Waals surface area contributed by atoms with Crippen LogP contribution in [0.4, 0.5) is 21.9 Å². The molecule has 0 unspecified atom stereocenters. The maximum absolute atomic E-state index is 12.7. The SMILES string of the molecule is CNC1(C(N)=O)CCN(c2ccc(NC(=O)OC(C)(C)C)cc2NC(=O)C2=NC=CC2)CC1. The first-order valence-corrected chi connectivity index (χ1v) is 10.9. The lowest BCUT2D eigenvalue weighted by Gasteiger charge is -2.41. The van der Waals surface area contributed by atoms with Crippen molar-refractivity contribution in [3.05, 3.63) is 30.5 Å². The lowest BCUT2D eigenvalue weighted by Crippen LogP contribution is -2.59. The van der Waals surface area contributed by atoms with E-state index in [9.17, 15) is 14.4 Å². The summed E-state index contributed by atoms with van der Waals surface area (Å²) in [5.41, 5.74) is 6.43. The first kappa shape index (κ1) is 24.2. The summed E-state index contributed by atoms with van der Waals surface area (Å²) in [6.07, 6.45) is 4.34. The molecule has 2 aliphatic heterocycles. The lowest BCUT2D eigenvalue weighted by atomic mass is 9.86. The number of hydrogen-bond donors (Lipinski definition) is 4. The number of hydrogen-bond acceptors (Lipinski definition) is 7. The van der Waals surface area contributed by atoms with Crippen LogP contribution in [-0.4, -0.2) is 54.9 Å². The molecule has 0 aromatic heterocycles. The van der Waals surface area contributed by atoms with Gasteiger partial charge in [-0.25, -0.2) is 4.79 Å². The van der Waals surface area contributed by atoms with E-state index in [0.717, 1.165) is 5.69 Å². The molecular formula is C23H32N6O4. The van der Waals surface area contributed by atoms with Crippen LogP contribution in [0.5, 0.6) is 0 Å². The van der Waals surface area contributed by atoms with Gasteiger partial charge in [0.25, 0.3) is 5.91 Å². The van der Waals surface area contributed by atoms with Crippen molar-refractivity contribution in [2.75, 3.05) is 35.7 Å². The summed E-state index contributed by atoms with van der Waals surface area (Å²) in [5, 5.41) is 8.69. The van der Waals surface area contributed by atoms with Crippen LogP contribution in [0, 0.1) is 0 Å². The van der Waals surface area contributed by atoms with Crippen molar-refractivity contribution in [3.63, 3.8) is 0 Å². The second-order valence-electron chi connectivity index (χ2n) is 9.16. The second-order valence-corrected chi connectivity index (χ2v) is 9.16. The Morgan fingerprint density at radius 2 is 1.85 bits per heavy atom. The van der Waals surface area contributed by atoms with Gasteiger partial charge in [-0.15, -0.1) is 0 Å². The second kappa shape index (κ2) is 9.62. The molecule has 0 aliphatic carbocycles. The average molecular weight is 457 g/mol. The molecule has 5 N–H and O–H groups in total. The fourth-order valence-electron chi connectivity index (χ4n) is 3.87. The van der Waals surface area contributed by atoms with Crippen LogP contribution in [0.1, 0.15) is 40.0 Å². The van der Waals surface area contributed by atoms with E-state index < -0.39 is 17.2 Å². The number of anilines is 3. The van der Waals surface area contributed by atoms with Gasteiger partial charge >= 0.3 is 6.09 Å². The minimum atomic E-state index is -0.748. The van der Waals surface area contributed by atoms with E-state index in [1.54, 1.807) is 46.2 Å². The summed E-state index contributed by atoms with van der Waals surface area (Å²) in [7, 11) is 1.74. The zero-order chi connectivity index (χ0) is 24.2. The molecule has 1 aromatic carbocycles. The topological polar surface area (TPSA) is 138 Å². The van der Waals surface area contributed by atoms with E-state index in [1.807, 2.05) is 12.1 Å². The number of carbonyl (C=O) groups is 3. The van der Waals surface area contributed by atoms with Crippen molar-refractivity contribution >= 4 is 40.7 Å². The van der Waals surface area contributed by atoms with Gasteiger partial charge in [-0.3, -0.25) is 19.9 Å². The highest BCUT2D eigenvalue weighted by molar-refractivity contribution is 6.44. The zero-order valence-corrected chi connectivity index (χ0v) is 19.5. The molecule has 178 valence electrons. The molecule has 0 radical (unpaired) electrons. The van der Waals surface area contributed by atoms with Crippen LogP contribution < -0.4 is 26.6 Å². The maximum atomic E-state index is 12.7. The average Bonchev–Trinajstić information content (AvgIpc) is 3.28. The molecule has 1 aromatic rings. The number of carbonyl (C=O) groups excluding carboxylic acids is 3. The maximum Gasteiger partial charge on any atom is 0.412 e. The molecule has 3 rings (SSSR count). The third-order valence-electron chi connectivity index (χ3n) is 5.71. The first-order chi connectivity index (χ1) is 15.5. The predicted molar refractivity (Wildman–Crippen MR) is 129 cm³/mol. The van der Waals surface area contributed by atoms with Crippen molar-refractivity contribution in [2.24, 2.45) is 10.7 Å². The number of primary amides is 1. The number of aliphatic imine (C=N–C) groups is 1. The fourth-order valence-corrected chi connectivity index (χ4v) is 3.87. The first-order valence-electron chi connectivity index (χ1n) is 10.9. The molecule has 0 saturated carbocycles. The molecule has 2 heterocycles. The van der Waals surface area contributed by atoms with Gasteiger partial charge in [0.2, 0.25) is 5.91 Å². The number of benzene rings is 1. The van der Waals surface area contributed by atoms with Gasteiger partial charge in [0.05, 0.1) is 11.4 Å². The molecule has 10 nitrogen and oxygen atoms in total. The number of piperidine rings is 1. The Hall–Kier alpha value is -3.40. The van der Waals surface area contributed by atoms with E-state index in [0.29, 0.717) is 49.4 Å². The molecule has 33 heavy (non-hydrogen) atoms. The summed E-state index contributed by atoms with van der Waals surface area (Å²) in [4.78, 5) is 43.1. The number of allylic oxidation sites excluding steroid dienone is 1. The molecule has 10 heteroatoms. The van der Waals surface area contributed by atoms with E-state index >= 15 is 0 Å². The Kier molecular flexibility index (Phi) is 7.06. The summed E-state index contributed by atoms with van der Waals surface area (Å²) in [6.45, 7) is 6.48. The van der Waals surface area contributed by atoms with Gasteiger partial charge in [-0.1, -0.05) is 6.08 Å². The zero-order valence-electron chi connectivity index (χ0n) is 19.5. The Balaban J connectivity index is 1.83. The van der Waals surface area contributed by atoms with Gasteiger partial charge in [0, 0.05) is 31.4 Å². The Bertz CT molecular complexity index is 987. The fraction of sp³-hybridized carbons (Fsp3) is 0.478. The molecule has 2 aliphatic rings. The number of nitrogens with zero attached hydrogens (tertiary/aromatic N) is 2. The van der Waals surface area contributed by atoms with Crippen molar-refractivity contribution < 1.29 is 19.1 Å². The van der Waals surface area contributed by atoms with Gasteiger partial charge in [0.15, 0.2) is 0 Å². The number of rotatable bonds is 6. The summed E-state index contributed by atoms with van der Waals surface area (Å²) >= 11 is 0. The van der Waals surface area contributed by atoms with Crippen LogP contribution in [-0.2, 0) is 14.3 Å². The number of likely N-dealkylation sites (N-methyl/N-ethyl adjacent to an activating group) is 1. The van der Waals surface area contributed by atoms with Crippen molar-refractivity contribution in [2.45, 2.75) is 51.2 Å². The molecule has 0 atom stereocenters. The minimum Gasteiger partial charge on any atom is -0.444 e. The van der Waals surface area contributed by atoms with E-state index in [1.165, 1.54) is 0 Å². The van der Waals surface area contributed by atoms with Crippen LogP contribution >= 0.6 is 0 Å². The highest BCUT2D eigenvalue weighted by atomic mass is 16.6. The van der Waals surface area contributed by atoms with Crippen LogP contribution in [0.25, 0.3) is 0 Å². The van der Waals surface area contributed by atoms with Gasteiger partial charge in [-0.05, 0) is 58.9 Å². The van der Waals surface area contributed by atoms with Gasteiger partial charge < -0.3 is 26.0 Å². The Labute approximate surface area is 193 Å². The molecule has 1 fully saturated rings. The van der Waals surface area contributed by atoms with Crippen molar-refractivity contribution in [1.29, 1.82) is 0 Å². The standard InChI is InChI=1S/C23H32N6O4/c1-22(2,3)33-21(32)27-15-7-8-18(17(14-15)28-19(30)16-6-5-11-26-16)29-12-9-23(25-4,10-13-29)20(24)31/h5,7-8,11,14,25H,6,9-10,12-13H2,1-4H3,(H2,24,31)(H,27,32)(H,28,30). The smallest absolute Gasteiger partial charge is 0.412 e. The summed E-state index contributed by atoms with van der Waals surface area (Å²) < 4.78 is 5.32. The van der Waals surface area contributed by atoms with E-state index in [2.05, 4.69) is 25.8 Å². The van der Waals surface area contributed by atoms with Crippen molar-refractivity contribution in [3.8, 4) is 0 Å². The molecular weight excluding hydrogens is 424 g/mol. The third kappa shape index (κ3) is 5.89. The van der Waals surface area contributed by atoms with Gasteiger partial charge in [0.1, 0.15) is 16.9 Å². The Morgan fingerprint density at radius 3 is 2.39 bits per heavy atom. The van der Waals surface area contributed by atoms with Gasteiger partial charge in [-0.2, -0.15) is 0 Å². The molecule has 0 bridgehead atoms. The third-order valence-corrected chi connectivity index (χ3v) is 5.71.